The van der Waals surface area contributed by atoms with Gasteiger partial charge in [-0.05, 0) is 42.8 Å². The zero-order valence-corrected chi connectivity index (χ0v) is 15.3. The summed E-state index contributed by atoms with van der Waals surface area (Å²) in [5.74, 6) is -0.536. The molecule has 4 aromatic rings. The molecule has 1 aromatic carbocycles. The number of carbonyl (C=O) groups excluding carboxylic acids is 1. The molecule has 1 atom stereocenters. The second-order valence-electron chi connectivity index (χ2n) is 6.46. The van der Waals surface area contributed by atoms with E-state index in [0.29, 0.717) is 5.56 Å². The summed E-state index contributed by atoms with van der Waals surface area (Å²) in [5.41, 5.74) is 3.25. The smallest absolute Gasteiger partial charge is 0.252 e. The van der Waals surface area contributed by atoms with E-state index in [1.54, 1.807) is 42.9 Å². The molecule has 0 radical (unpaired) electrons. The van der Waals surface area contributed by atoms with Crippen molar-refractivity contribution in [1.82, 2.24) is 19.9 Å². The van der Waals surface area contributed by atoms with Crippen LogP contribution in [0.2, 0.25) is 0 Å². The highest BCUT2D eigenvalue weighted by Gasteiger charge is 2.22. The first kappa shape index (κ1) is 17.9. The van der Waals surface area contributed by atoms with E-state index in [-0.39, 0.29) is 11.7 Å². The number of hydrogen-bond acceptors (Lipinski definition) is 3. The minimum atomic E-state index is -0.432. The Morgan fingerprint density at radius 2 is 1.79 bits per heavy atom. The zero-order valence-electron chi connectivity index (χ0n) is 15.3. The molecule has 1 unspecified atom stereocenters. The molecule has 4 rings (SSSR count). The molecule has 3 heterocycles. The number of nitrogens with zero attached hydrogens (tertiary/aromatic N) is 3. The first-order valence-corrected chi connectivity index (χ1v) is 9.06. The van der Waals surface area contributed by atoms with Crippen LogP contribution in [-0.2, 0) is 6.54 Å². The van der Waals surface area contributed by atoms with E-state index in [2.05, 4.69) is 26.8 Å². The SMILES string of the molecule is CCn1cc(C(NC(=O)c2ccncc2)c2ccc(F)cc2)c2ccncc21. The number of amides is 1. The van der Waals surface area contributed by atoms with Crippen molar-refractivity contribution in [2.24, 2.45) is 0 Å². The van der Waals surface area contributed by atoms with Crippen LogP contribution in [0.1, 0.15) is 34.5 Å². The van der Waals surface area contributed by atoms with E-state index in [1.165, 1.54) is 12.1 Å². The predicted octanol–water partition coefficient (Wildman–Crippen LogP) is 4.11. The Labute approximate surface area is 161 Å². The molecule has 0 aliphatic carbocycles. The maximum Gasteiger partial charge on any atom is 0.252 e. The lowest BCUT2D eigenvalue weighted by molar-refractivity contribution is 0.0943. The standard InChI is InChI=1S/C22H19FN4O/c1-2-27-14-19(18-9-12-25-13-20(18)27)21(15-3-5-17(23)6-4-15)26-22(28)16-7-10-24-11-8-16/h3-14,21H,2H2,1H3,(H,26,28). The van der Waals surface area contributed by atoms with Crippen LogP contribution in [0.15, 0.2) is 73.4 Å². The fourth-order valence-electron chi connectivity index (χ4n) is 3.37. The van der Waals surface area contributed by atoms with Gasteiger partial charge in [0.1, 0.15) is 5.82 Å². The minimum absolute atomic E-state index is 0.219. The Kier molecular flexibility index (Phi) is 4.85. The lowest BCUT2D eigenvalue weighted by atomic mass is 9.98. The van der Waals surface area contributed by atoms with Crippen molar-refractivity contribution in [3.05, 3.63) is 96.0 Å². The monoisotopic (exact) mass is 374 g/mol. The molecular formula is C22H19FN4O. The van der Waals surface area contributed by atoms with Crippen LogP contribution in [0.3, 0.4) is 0 Å². The first-order chi connectivity index (χ1) is 13.7. The normalized spacial score (nSPS) is 12.1. The second kappa shape index (κ2) is 7.60. The molecule has 1 amide bonds. The van der Waals surface area contributed by atoms with Crippen LogP contribution in [-0.4, -0.2) is 20.4 Å². The van der Waals surface area contributed by atoms with Crippen molar-refractivity contribution >= 4 is 16.8 Å². The number of pyridine rings is 2. The summed E-state index contributed by atoms with van der Waals surface area (Å²) in [7, 11) is 0. The quantitative estimate of drug-likeness (QED) is 0.572. The highest BCUT2D eigenvalue weighted by atomic mass is 19.1. The van der Waals surface area contributed by atoms with Gasteiger partial charge in [-0.1, -0.05) is 12.1 Å². The van der Waals surface area contributed by atoms with Crippen molar-refractivity contribution in [3.63, 3.8) is 0 Å². The molecule has 140 valence electrons. The predicted molar refractivity (Wildman–Crippen MR) is 105 cm³/mol. The number of aryl methyl sites for hydroxylation is 1. The third-order valence-corrected chi connectivity index (χ3v) is 4.79. The number of hydrogen-bond donors (Lipinski definition) is 1. The molecule has 0 aliphatic heterocycles. The summed E-state index contributed by atoms with van der Waals surface area (Å²) in [6.45, 7) is 2.83. The van der Waals surface area contributed by atoms with Crippen molar-refractivity contribution < 1.29 is 9.18 Å². The van der Waals surface area contributed by atoms with E-state index >= 15 is 0 Å². The van der Waals surface area contributed by atoms with Gasteiger partial charge >= 0.3 is 0 Å². The highest BCUT2D eigenvalue weighted by molar-refractivity contribution is 5.95. The number of nitrogens with one attached hydrogen (secondary N) is 1. The van der Waals surface area contributed by atoms with Gasteiger partial charge in [0.25, 0.3) is 5.91 Å². The van der Waals surface area contributed by atoms with Crippen molar-refractivity contribution in [3.8, 4) is 0 Å². The van der Waals surface area contributed by atoms with Crippen LogP contribution < -0.4 is 5.32 Å². The second-order valence-corrected chi connectivity index (χ2v) is 6.46. The Morgan fingerprint density at radius 1 is 1.07 bits per heavy atom. The number of benzene rings is 1. The summed E-state index contributed by atoms with van der Waals surface area (Å²) in [5, 5.41) is 4.09. The Hall–Kier alpha value is -3.54. The van der Waals surface area contributed by atoms with E-state index in [0.717, 1.165) is 28.6 Å². The summed E-state index contributed by atoms with van der Waals surface area (Å²) >= 11 is 0. The van der Waals surface area contributed by atoms with Gasteiger partial charge in [-0.25, -0.2) is 4.39 Å². The third-order valence-electron chi connectivity index (χ3n) is 4.79. The molecule has 0 bridgehead atoms. The number of aromatic nitrogens is 3. The summed E-state index contributed by atoms with van der Waals surface area (Å²) in [6, 6.07) is 11.0. The van der Waals surface area contributed by atoms with Gasteiger partial charge in [0, 0.05) is 47.8 Å². The first-order valence-electron chi connectivity index (χ1n) is 9.06. The highest BCUT2D eigenvalue weighted by Crippen LogP contribution is 2.31. The maximum atomic E-state index is 13.5. The summed E-state index contributed by atoms with van der Waals surface area (Å²) in [6.07, 6.45) is 8.73. The fraction of sp³-hybridized carbons (Fsp3) is 0.136. The van der Waals surface area contributed by atoms with Gasteiger partial charge in [-0.3, -0.25) is 14.8 Å². The van der Waals surface area contributed by atoms with Gasteiger partial charge in [0.05, 0.1) is 17.8 Å². The van der Waals surface area contributed by atoms with E-state index in [1.807, 2.05) is 18.5 Å². The van der Waals surface area contributed by atoms with Gasteiger partial charge < -0.3 is 9.88 Å². The van der Waals surface area contributed by atoms with Crippen LogP contribution in [0, 0.1) is 5.82 Å². The van der Waals surface area contributed by atoms with Crippen LogP contribution in [0.5, 0.6) is 0 Å². The van der Waals surface area contributed by atoms with Crippen molar-refractivity contribution in [2.75, 3.05) is 0 Å². The molecule has 6 heteroatoms. The topological polar surface area (TPSA) is 59.8 Å². The number of fused-ring (bicyclic) bond motifs is 1. The largest absolute Gasteiger partial charge is 0.346 e. The third kappa shape index (κ3) is 3.36. The lowest BCUT2D eigenvalue weighted by Crippen LogP contribution is -2.29. The van der Waals surface area contributed by atoms with Crippen LogP contribution in [0.4, 0.5) is 4.39 Å². The fourth-order valence-corrected chi connectivity index (χ4v) is 3.37. The van der Waals surface area contributed by atoms with E-state index in [4.69, 9.17) is 0 Å². The maximum absolute atomic E-state index is 13.5. The van der Waals surface area contributed by atoms with Crippen LogP contribution >= 0.6 is 0 Å². The average Bonchev–Trinajstić information content (AvgIpc) is 3.12. The lowest BCUT2D eigenvalue weighted by Gasteiger charge is -2.19. The Bertz CT molecular complexity index is 1110. The van der Waals surface area contributed by atoms with Gasteiger partial charge in [0.15, 0.2) is 0 Å². The molecule has 5 nitrogen and oxygen atoms in total. The molecular weight excluding hydrogens is 355 g/mol. The van der Waals surface area contributed by atoms with E-state index in [9.17, 15) is 9.18 Å². The molecule has 28 heavy (non-hydrogen) atoms. The zero-order chi connectivity index (χ0) is 19.5. The Balaban J connectivity index is 1.82. The number of carbonyl (C=O) groups is 1. The van der Waals surface area contributed by atoms with Crippen molar-refractivity contribution in [1.29, 1.82) is 0 Å². The van der Waals surface area contributed by atoms with Gasteiger partial charge in [-0.15, -0.1) is 0 Å². The van der Waals surface area contributed by atoms with Gasteiger partial charge in [-0.2, -0.15) is 0 Å². The van der Waals surface area contributed by atoms with Crippen LogP contribution in [0.25, 0.3) is 10.9 Å². The minimum Gasteiger partial charge on any atom is -0.346 e. The number of rotatable bonds is 5. The van der Waals surface area contributed by atoms with Crippen molar-refractivity contribution in [2.45, 2.75) is 19.5 Å². The average molecular weight is 374 g/mol. The molecule has 3 aromatic heterocycles. The molecule has 0 saturated heterocycles. The molecule has 0 aliphatic rings. The molecule has 0 fully saturated rings. The molecule has 0 saturated carbocycles. The molecule has 0 spiro atoms. The number of halogens is 1. The Morgan fingerprint density at radius 3 is 2.50 bits per heavy atom. The molecule has 1 N–H and O–H groups in total. The van der Waals surface area contributed by atoms with Gasteiger partial charge in [0.2, 0.25) is 0 Å². The summed E-state index contributed by atoms with van der Waals surface area (Å²) < 4.78 is 15.6. The van der Waals surface area contributed by atoms with E-state index < -0.39 is 6.04 Å². The summed E-state index contributed by atoms with van der Waals surface area (Å²) in [4.78, 5) is 21.0.